The average Bonchev–Trinajstić information content (AvgIpc) is 3.13. The van der Waals surface area contributed by atoms with Crippen LogP contribution in [0.25, 0.3) is 0 Å². The minimum Gasteiger partial charge on any atom is -0.383 e. The lowest BCUT2D eigenvalue weighted by Crippen LogP contribution is -2.42. The van der Waals surface area contributed by atoms with E-state index in [0.717, 1.165) is 102 Å². The van der Waals surface area contributed by atoms with E-state index < -0.39 is 11.2 Å². The fraction of sp³-hybridized carbons (Fsp3) is 0.410. The molecular weight excluding hydrogens is 586 g/mol. The molecule has 47 heavy (non-hydrogen) atoms. The molecule has 4 aromatic rings. The Morgan fingerprint density at radius 3 is 1.45 bits per heavy atom. The van der Waals surface area contributed by atoms with Crippen molar-refractivity contribution in [2.75, 3.05) is 39.3 Å². The van der Waals surface area contributed by atoms with Gasteiger partial charge in [0.15, 0.2) is 0 Å². The number of ketones is 1. The SMILES string of the molecule is O=C1CCN(Cc2ccccc2)CC1.OC1(c2ccccn2)CCN(Cc2ccccc2)CC1.OC1(c2ccccn2)CCNCC1. The molecule has 8 heteroatoms. The Hall–Kier alpha value is -3.79. The molecule has 0 amide bonds. The number of piperidine rings is 3. The molecule has 3 aliphatic rings. The van der Waals surface area contributed by atoms with Gasteiger partial charge in [0.2, 0.25) is 0 Å². The van der Waals surface area contributed by atoms with Crippen molar-refractivity contribution in [3.05, 3.63) is 132 Å². The maximum atomic E-state index is 11.0. The first-order chi connectivity index (χ1) is 22.9. The molecule has 3 saturated heterocycles. The molecule has 7 rings (SSSR count). The number of aromatic nitrogens is 2. The molecule has 2 aromatic heterocycles. The molecule has 0 unspecified atom stereocenters. The van der Waals surface area contributed by atoms with E-state index in [1.807, 2.05) is 48.5 Å². The van der Waals surface area contributed by atoms with E-state index in [4.69, 9.17) is 0 Å². The Morgan fingerprint density at radius 1 is 0.574 bits per heavy atom. The molecule has 3 fully saturated rings. The third-order valence-corrected chi connectivity index (χ3v) is 9.31. The van der Waals surface area contributed by atoms with Crippen molar-refractivity contribution < 1.29 is 15.0 Å². The largest absolute Gasteiger partial charge is 0.383 e. The number of likely N-dealkylation sites (tertiary alicyclic amines) is 2. The van der Waals surface area contributed by atoms with E-state index in [0.29, 0.717) is 5.78 Å². The number of aliphatic hydroxyl groups is 2. The highest BCUT2D eigenvalue weighted by Gasteiger charge is 2.35. The summed E-state index contributed by atoms with van der Waals surface area (Å²) in [6.45, 7) is 7.33. The Bertz CT molecular complexity index is 1450. The fourth-order valence-corrected chi connectivity index (χ4v) is 6.35. The molecule has 0 bridgehead atoms. The van der Waals surface area contributed by atoms with Crippen molar-refractivity contribution in [3.8, 4) is 0 Å². The second-order valence-corrected chi connectivity index (χ2v) is 12.8. The molecule has 3 N–H and O–H groups in total. The first kappa shape index (κ1) is 34.5. The van der Waals surface area contributed by atoms with Gasteiger partial charge in [-0.2, -0.15) is 0 Å². The maximum Gasteiger partial charge on any atom is 0.135 e. The van der Waals surface area contributed by atoms with Gasteiger partial charge in [0.05, 0.1) is 11.4 Å². The predicted octanol–water partition coefficient (Wildman–Crippen LogP) is 5.07. The summed E-state index contributed by atoms with van der Waals surface area (Å²) in [5.41, 5.74) is 2.81. The van der Waals surface area contributed by atoms with E-state index in [-0.39, 0.29) is 0 Å². The molecule has 8 nitrogen and oxygen atoms in total. The van der Waals surface area contributed by atoms with Crippen molar-refractivity contribution in [1.82, 2.24) is 25.1 Å². The van der Waals surface area contributed by atoms with Gasteiger partial charge in [-0.1, -0.05) is 72.8 Å². The molecule has 0 aliphatic carbocycles. The molecule has 0 saturated carbocycles. The van der Waals surface area contributed by atoms with Crippen LogP contribution in [0.5, 0.6) is 0 Å². The monoisotopic (exact) mass is 635 g/mol. The minimum absolute atomic E-state index is 0.411. The summed E-state index contributed by atoms with van der Waals surface area (Å²) in [5.74, 6) is 0.411. The lowest BCUT2D eigenvalue weighted by molar-refractivity contribution is -0.121. The van der Waals surface area contributed by atoms with E-state index in [1.54, 1.807) is 12.4 Å². The van der Waals surface area contributed by atoms with Crippen molar-refractivity contribution >= 4 is 5.78 Å². The lowest BCUT2D eigenvalue weighted by atomic mass is 9.87. The van der Waals surface area contributed by atoms with Gasteiger partial charge in [-0.3, -0.25) is 24.6 Å². The molecule has 0 atom stereocenters. The number of pyridine rings is 2. The number of nitrogens with one attached hydrogen (secondary N) is 1. The zero-order chi connectivity index (χ0) is 32.8. The van der Waals surface area contributed by atoms with Crippen LogP contribution in [0.3, 0.4) is 0 Å². The molecule has 2 aromatic carbocycles. The number of benzene rings is 2. The number of hydrogen-bond acceptors (Lipinski definition) is 8. The van der Waals surface area contributed by atoms with Crippen LogP contribution in [0.2, 0.25) is 0 Å². The highest BCUT2D eigenvalue weighted by molar-refractivity contribution is 5.79. The van der Waals surface area contributed by atoms with Crippen LogP contribution in [0.4, 0.5) is 0 Å². The smallest absolute Gasteiger partial charge is 0.135 e. The number of rotatable bonds is 6. The van der Waals surface area contributed by atoms with Crippen LogP contribution >= 0.6 is 0 Å². The average molecular weight is 636 g/mol. The summed E-state index contributed by atoms with van der Waals surface area (Å²) in [6, 6.07) is 32.3. The van der Waals surface area contributed by atoms with Crippen LogP contribution in [0.1, 0.15) is 61.0 Å². The Labute approximate surface area is 279 Å². The second kappa shape index (κ2) is 17.4. The van der Waals surface area contributed by atoms with E-state index >= 15 is 0 Å². The summed E-state index contributed by atoms with van der Waals surface area (Å²) < 4.78 is 0. The summed E-state index contributed by atoms with van der Waals surface area (Å²) >= 11 is 0. The summed E-state index contributed by atoms with van der Waals surface area (Å²) in [5, 5.41) is 24.2. The Balaban J connectivity index is 0.000000143. The van der Waals surface area contributed by atoms with Crippen LogP contribution in [0, 0.1) is 0 Å². The number of nitrogens with zero attached hydrogens (tertiary/aromatic N) is 4. The number of Topliss-reactive ketones (excluding diaryl/α,β-unsaturated/α-hetero) is 1. The van der Waals surface area contributed by atoms with Crippen LogP contribution in [-0.2, 0) is 29.1 Å². The Morgan fingerprint density at radius 2 is 1.00 bits per heavy atom. The van der Waals surface area contributed by atoms with Gasteiger partial charge in [0.25, 0.3) is 0 Å². The van der Waals surface area contributed by atoms with Gasteiger partial charge in [-0.05, 0) is 74.2 Å². The van der Waals surface area contributed by atoms with Gasteiger partial charge in [0.1, 0.15) is 17.0 Å². The van der Waals surface area contributed by atoms with E-state index in [2.05, 4.69) is 73.6 Å². The predicted molar refractivity (Wildman–Crippen MR) is 185 cm³/mol. The highest BCUT2D eigenvalue weighted by atomic mass is 16.3. The van der Waals surface area contributed by atoms with Crippen molar-refractivity contribution in [2.24, 2.45) is 0 Å². The first-order valence-electron chi connectivity index (χ1n) is 16.9. The number of carbonyl (C=O) groups excluding carboxylic acids is 1. The van der Waals surface area contributed by atoms with Crippen molar-refractivity contribution in [3.63, 3.8) is 0 Å². The standard InChI is InChI=1S/C17H20N2O.C12H15NO.C10H14N2O/c20-17(16-8-4-5-11-18-16)9-12-19(13-10-17)14-15-6-2-1-3-7-15;14-12-6-8-13(9-7-12)10-11-4-2-1-3-5-11;13-10(4-7-11-8-5-10)9-3-1-2-6-12-9/h1-8,11,20H,9-10,12-14H2;1-5H,6-10H2;1-3,6,11,13H,4-5,7-8H2. The third kappa shape index (κ3) is 10.6. The van der Waals surface area contributed by atoms with Gasteiger partial charge < -0.3 is 15.5 Å². The Kier molecular flexibility index (Phi) is 12.8. The van der Waals surface area contributed by atoms with Gasteiger partial charge >= 0.3 is 0 Å². The second-order valence-electron chi connectivity index (χ2n) is 12.8. The number of hydrogen-bond donors (Lipinski definition) is 3. The lowest BCUT2D eigenvalue weighted by Gasteiger charge is -2.37. The first-order valence-corrected chi connectivity index (χ1v) is 16.9. The highest BCUT2D eigenvalue weighted by Crippen LogP contribution is 2.32. The molecule has 0 radical (unpaired) electrons. The van der Waals surface area contributed by atoms with Crippen molar-refractivity contribution in [1.29, 1.82) is 0 Å². The zero-order valence-corrected chi connectivity index (χ0v) is 27.4. The van der Waals surface area contributed by atoms with Crippen molar-refractivity contribution in [2.45, 2.75) is 62.8 Å². The minimum atomic E-state index is -0.756. The quantitative estimate of drug-likeness (QED) is 0.270. The topological polar surface area (TPSA) is 102 Å². The number of carbonyl (C=O) groups is 1. The zero-order valence-electron chi connectivity index (χ0n) is 27.4. The van der Waals surface area contributed by atoms with Gasteiger partial charge in [0, 0.05) is 64.5 Å². The third-order valence-electron chi connectivity index (χ3n) is 9.31. The van der Waals surface area contributed by atoms with Gasteiger partial charge in [-0.15, -0.1) is 0 Å². The van der Waals surface area contributed by atoms with Crippen LogP contribution in [-0.4, -0.2) is 75.0 Å². The summed E-state index contributed by atoms with van der Waals surface area (Å²) in [4.78, 5) is 24.3. The molecule has 3 aliphatic heterocycles. The maximum absolute atomic E-state index is 11.0. The molecular formula is C39H49N5O3. The van der Waals surface area contributed by atoms with Crippen LogP contribution in [0.15, 0.2) is 109 Å². The fourth-order valence-electron chi connectivity index (χ4n) is 6.35. The molecule has 5 heterocycles. The van der Waals surface area contributed by atoms with E-state index in [1.165, 1.54) is 11.1 Å². The van der Waals surface area contributed by atoms with Gasteiger partial charge in [-0.25, -0.2) is 0 Å². The molecule has 0 spiro atoms. The van der Waals surface area contributed by atoms with Crippen LogP contribution < -0.4 is 5.32 Å². The summed E-state index contributed by atoms with van der Waals surface area (Å²) in [7, 11) is 0. The molecule has 248 valence electrons. The summed E-state index contributed by atoms with van der Waals surface area (Å²) in [6.07, 6.45) is 7.94. The normalized spacial score (nSPS) is 19.4. The van der Waals surface area contributed by atoms with E-state index in [9.17, 15) is 15.0 Å².